The van der Waals surface area contributed by atoms with E-state index in [9.17, 15) is 0 Å². The van der Waals surface area contributed by atoms with Crippen LogP contribution in [0, 0.1) is 0 Å². The van der Waals surface area contributed by atoms with Gasteiger partial charge in [0.25, 0.3) is 0 Å². The lowest BCUT2D eigenvalue weighted by molar-refractivity contribution is 0.154. The number of methoxy groups -OCH3 is 1. The number of hydrogen-bond donors (Lipinski definition) is 1. The molecule has 2 rings (SSSR count). The second-order valence-electron chi connectivity index (χ2n) is 5.65. The van der Waals surface area contributed by atoms with E-state index >= 15 is 0 Å². The van der Waals surface area contributed by atoms with Crippen molar-refractivity contribution in [2.24, 2.45) is 5.73 Å². The Bertz CT molecular complexity index is 399. The molecule has 1 aromatic carbocycles. The van der Waals surface area contributed by atoms with E-state index in [0.717, 1.165) is 5.75 Å². The van der Waals surface area contributed by atoms with Crippen LogP contribution in [0.2, 0.25) is 0 Å². The molecular formula is C16H26N2O. The highest BCUT2D eigenvalue weighted by atomic mass is 16.5. The van der Waals surface area contributed by atoms with Crippen LogP contribution in [-0.2, 0) is 0 Å². The van der Waals surface area contributed by atoms with Gasteiger partial charge in [-0.15, -0.1) is 0 Å². The van der Waals surface area contributed by atoms with Crippen LogP contribution in [0.4, 0.5) is 0 Å². The fourth-order valence-electron chi connectivity index (χ4n) is 3.32. The van der Waals surface area contributed by atoms with Crippen molar-refractivity contribution in [2.75, 3.05) is 14.2 Å². The zero-order valence-corrected chi connectivity index (χ0v) is 12.3. The third-order valence-corrected chi connectivity index (χ3v) is 4.30. The number of para-hydroxylation sites is 1. The molecule has 1 saturated carbocycles. The van der Waals surface area contributed by atoms with Crippen LogP contribution in [0.15, 0.2) is 24.3 Å². The Morgan fingerprint density at radius 3 is 2.47 bits per heavy atom. The molecular weight excluding hydrogens is 236 g/mol. The van der Waals surface area contributed by atoms with Gasteiger partial charge >= 0.3 is 0 Å². The summed E-state index contributed by atoms with van der Waals surface area (Å²) in [6.07, 6.45) is 5.25. The van der Waals surface area contributed by atoms with Crippen LogP contribution in [0.5, 0.6) is 5.75 Å². The van der Waals surface area contributed by atoms with Gasteiger partial charge < -0.3 is 10.5 Å². The summed E-state index contributed by atoms with van der Waals surface area (Å²) in [5.74, 6) is 0.939. The molecule has 0 amide bonds. The van der Waals surface area contributed by atoms with E-state index in [1.54, 1.807) is 7.11 Å². The monoisotopic (exact) mass is 262 g/mol. The Kier molecular flexibility index (Phi) is 4.83. The molecule has 0 saturated heterocycles. The third-order valence-electron chi connectivity index (χ3n) is 4.30. The van der Waals surface area contributed by atoms with Crippen molar-refractivity contribution in [1.29, 1.82) is 0 Å². The molecule has 1 aliphatic rings. The van der Waals surface area contributed by atoms with Crippen LogP contribution < -0.4 is 10.5 Å². The Hall–Kier alpha value is -1.06. The van der Waals surface area contributed by atoms with E-state index in [1.165, 1.54) is 31.2 Å². The summed E-state index contributed by atoms with van der Waals surface area (Å²) in [5, 5.41) is 0. The average molecular weight is 262 g/mol. The van der Waals surface area contributed by atoms with E-state index in [0.29, 0.717) is 6.04 Å². The molecule has 0 radical (unpaired) electrons. The molecule has 1 fully saturated rings. The molecule has 0 bridgehead atoms. The Balaban J connectivity index is 2.28. The lowest BCUT2D eigenvalue weighted by Gasteiger charge is -2.36. The van der Waals surface area contributed by atoms with Gasteiger partial charge in [0.05, 0.1) is 13.2 Å². The second-order valence-corrected chi connectivity index (χ2v) is 5.65. The minimum Gasteiger partial charge on any atom is -0.496 e. The first kappa shape index (κ1) is 14.4. The van der Waals surface area contributed by atoms with E-state index in [2.05, 4.69) is 31.0 Å². The van der Waals surface area contributed by atoms with Crippen molar-refractivity contribution < 1.29 is 4.74 Å². The molecule has 2 unspecified atom stereocenters. The van der Waals surface area contributed by atoms with E-state index in [-0.39, 0.29) is 12.1 Å². The summed E-state index contributed by atoms with van der Waals surface area (Å²) in [5.41, 5.74) is 7.47. The van der Waals surface area contributed by atoms with Gasteiger partial charge in [0.15, 0.2) is 0 Å². The Morgan fingerprint density at radius 2 is 1.89 bits per heavy atom. The summed E-state index contributed by atoms with van der Waals surface area (Å²) >= 11 is 0. The molecule has 2 atom stereocenters. The predicted octanol–water partition coefficient (Wildman–Crippen LogP) is 2.96. The first-order valence-electron chi connectivity index (χ1n) is 7.25. The number of nitrogens with zero attached hydrogens (tertiary/aromatic N) is 1. The maximum absolute atomic E-state index is 6.26. The van der Waals surface area contributed by atoms with E-state index in [4.69, 9.17) is 10.5 Å². The summed E-state index contributed by atoms with van der Waals surface area (Å²) in [4.78, 5) is 2.45. The highest BCUT2D eigenvalue weighted by Crippen LogP contribution is 2.35. The van der Waals surface area contributed by atoms with E-state index in [1.807, 2.05) is 12.1 Å². The Labute approximate surface area is 116 Å². The first-order valence-corrected chi connectivity index (χ1v) is 7.25. The minimum absolute atomic E-state index is 0.0851. The zero-order chi connectivity index (χ0) is 13.8. The van der Waals surface area contributed by atoms with Crippen molar-refractivity contribution >= 4 is 0 Å². The molecule has 19 heavy (non-hydrogen) atoms. The van der Waals surface area contributed by atoms with Gasteiger partial charge in [-0.1, -0.05) is 31.0 Å². The molecule has 1 aromatic rings. The summed E-state index contributed by atoms with van der Waals surface area (Å²) in [6, 6.07) is 9.19. The second kappa shape index (κ2) is 6.40. The summed E-state index contributed by atoms with van der Waals surface area (Å²) in [6.45, 7) is 2.09. The minimum atomic E-state index is 0.0851. The number of rotatable bonds is 5. The molecule has 1 aliphatic carbocycles. The molecule has 0 spiro atoms. The van der Waals surface area contributed by atoms with Crippen molar-refractivity contribution in [3.05, 3.63) is 29.8 Å². The lowest BCUT2D eigenvalue weighted by atomic mass is 9.96. The maximum atomic E-state index is 6.26. The van der Waals surface area contributed by atoms with Gasteiger partial charge in [-0.3, -0.25) is 4.90 Å². The molecule has 0 heterocycles. The third kappa shape index (κ3) is 3.10. The van der Waals surface area contributed by atoms with Crippen molar-refractivity contribution in [3.8, 4) is 5.75 Å². The number of ether oxygens (including phenoxy) is 1. The highest BCUT2D eigenvalue weighted by Gasteiger charge is 2.30. The maximum Gasteiger partial charge on any atom is 0.123 e. The van der Waals surface area contributed by atoms with Crippen LogP contribution >= 0.6 is 0 Å². The van der Waals surface area contributed by atoms with Gasteiger partial charge in [0.1, 0.15) is 5.75 Å². The molecule has 2 N–H and O–H groups in total. The van der Waals surface area contributed by atoms with Crippen LogP contribution in [0.3, 0.4) is 0 Å². The molecule has 0 aromatic heterocycles. The topological polar surface area (TPSA) is 38.5 Å². The molecule has 3 nitrogen and oxygen atoms in total. The molecule has 3 heteroatoms. The van der Waals surface area contributed by atoms with Crippen molar-refractivity contribution in [2.45, 2.75) is 50.7 Å². The predicted molar refractivity (Wildman–Crippen MR) is 79.4 cm³/mol. The van der Waals surface area contributed by atoms with Crippen LogP contribution in [0.25, 0.3) is 0 Å². The van der Waals surface area contributed by atoms with Gasteiger partial charge in [-0.25, -0.2) is 0 Å². The SMILES string of the molecule is COc1ccccc1C(C(C)N)N(C)C1CCCC1. The Morgan fingerprint density at radius 1 is 1.26 bits per heavy atom. The van der Waals surface area contributed by atoms with Crippen LogP contribution in [0.1, 0.15) is 44.2 Å². The number of benzene rings is 1. The number of nitrogens with two attached hydrogens (primary N) is 1. The fourth-order valence-corrected chi connectivity index (χ4v) is 3.32. The van der Waals surface area contributed by atoms with E-state index < -0.39 is 0 Å². The van der Waals surface area contributed by atoms with Gasteiger partial charge in [0.2, 0.25) is 0 Å². The average Bonchev–Trinajstić information content (AvgIpc) is 2.93. The van der Waals surface area contributed by atoms with Crippen LogP contribution in [-0.4, -0.2) is 31.1 Å². The van der Waals surface area contributed by atoms with Gasteiger partial charge in [-0.05, 0) is 32.9 Å². The first-order chi connectivity index (χ1) is 9.15. The summed E-state index contributed by atoms with van der Waals surface area (Å²) in [7, 11) is 3.93. The largest absolute Gasteiger partial charge is 0.496 e. The zero-order valence-electron chi connectivity index (χ0n) is 12.3. The van der Waals surface area contributed by atoms with Crippen molar-refractivity contribution in [3.63, 3.8) is 0 Å². The quantitative estimate of drug-likeness (QED) is 0.886. The van der Waals surface area contributed by atoms with Gasteiger partial charge in [-0.2, -0.15) is 0 Å². The number of hydrogen-bond acceptors (Lipinski definition) is 3. The number of likely N-dealkylation sites (N-methyl/N-ethyl adjacent to an activating group) is 1. The normalized spacial score (nSPS) is 19.6. The highest BCUT2D eigenvalue weighted by molar-refractivity contribution is 5.36. The smallest absolute Gasteiger partial charge is 0.123 e. The summed E-state index contributed by atoms with van der Waals surface area (Å²) < 4.78 is 5.51. The van der Waals surface area contributed by atoms with Gasteiger partial charge in [0, 0.05) is 17.6 Å². The standard InChI is InChI=1S/C16H26N2O/c1-12(17)16(18(2)13-8-4-5-9-13)14-10-6-7-11-15(14)19-3/h6-7,10-13,16H,4-5,8-9,17H2,1-3H3. The lowest BCUT2D eigenvalue weighted by Crippen LogP contribution is -2.42. The molecule has 0 aliphatic heterocycles. The van der Waals surface area contributed by atoms with Crippen molar-refractivity contribution in [1.82, 2.24) is 4.90 Å². The fraction of sp³-hybridized carbons (Fsp3) is 0.625. The molecule has 106 valence electrons.